The summed E-state index contributed by atoms with van der Waals surface area (Å²) in [7, 11) is 0. The van der Waals surface area contributed by atoms with Gasteiger partial charge in [0.05, 0.1) is 5.57 Å². The highest BCUT2D eigenvalue weighted by atomic mass is 32.2. The number of hydrogen-bond donors (Lipinski definition) is 1. The fourth-order valence-corrected chi connectivity index (χ4v) is 3.81. The Morgan fingerprint density at radius 2 is 2.04 bits per heavy atom. The van der Waals surface area contributed by atoms with E-state index >= 15 is 0 Å². The van der Waals surface area contributed by atoms with E-state index in [0.29, 0.717) is 10.9 Å². The van der Waals surface area contributed by atoms with Gasteiger partial charge in [0.2, 0.25) is 5.17 Å². The molecule has 24 heavy (non-hydrogen) atoms. The van der Waals surface area contributed by atoms with Crippen LogP contribution in [-0.4, -0.2) is 45.1 Å². The van der Waals surface area contributed by atoms with Crippen molar-refractivity contribution in [3.05, 3.63) is 29.2 Å². The molecule has 1 saturated heterocycles. The smallest absolute Gasteiger partial charge is 0.283 e. The van der Waals surface area contributed by atoms with E-state index in [0.717, 1.165) is 36.9 Å². The predicted octanol–water partition coefficient (Wildman–Crippen LogP) is 2.65. The summed E-state index contributed by atoms with van der Waals surface area (Å²) < 4.78 is 5.47. The molecule has 3 aliphatic rings. The van der Waals surface area contributed by atoms with Crippen molar-refractivity contribution < 1.29 is 9.21 Å². The van der Waals surface area contributed by atoms with Crippen molar-refractivity contribution in [2.75, 3.05) is 13.1 Å². The minimum Gasteiger partial charge on any atom is -0.462 e. The molecule has 1 amide bonds. The molecule has 1 N–H and O–H groups in total. The number of fused-ring (bicyclic) bond motifs is 1. The Balaban J connectivity index is 1.62. The molecule has 7 nitrogen and oxygen atoms in total. The number of amides is 1. The second-order valence-electron chi connectivity index (χ2n) is 5.90. The van der Waals surface area contributed by atoms with Crippen molar-refractivity contribution in [1.82, 2.24) is 9.91 Å². The Morgan fingerprint density at radius 1 is 1.25 bits per heavy atom. The number of rotatable bonds is 1. The summed E-state index contributed by atoms with van der Waals surface area (Å²) in [5, 5.41) is 15.6. The van der Waals surface area contributed by atoms with Crippen LogP contribution >= 0.6 is 11.8 Å². The fraction of sp³-hybridized carbons (Fsp3) is 0.375. The van der Waals surface area contributed by atoms with Gasteiger partial charge in [-0.1, -0.05) is 0 Å². The Morgan fingerprint density at radius 3 is 2.75 bits per heavy atom. The minimum absolute atomic E-state index is 0.0403. The average molecular weight is 343 g/mol. The molecule has 8 heteroatoms. The van der Waals surface area contributed by atoms with Gasteiger partial charge in [-0.25, -0.2) is 0 Å². The SMILES string of the molecule is Cc1ccc(/C=C2\C(=N)N3N=C(N4CCCCC4)SC3=NC2=O)o1. The lowest BCUT2D eigenvalue weighted by Crippen LogP contribution is -2.35. The summed E-state index contributed by atoms with van der Waals surface area (Å²) in [5.74, 6) is 0.899. The Kier molecular flexibility index (Phi) is 3.76. The number of furan rings is 1. The molecule has 4 rings (SSSR count). The number of aliphatic imine (C=N–C) groups is 1. The Hall–Kier alpha value is -2.35. The van der Waals surface area contributed by atoms with Crippen molar-refractivity contribution in [2.24, 2.45) is 10.1 Å². The number of hydrogen-bond acceptors (Lipinski definition) is 6. The van der Waals surface area contributed by atoms with Crippen LogP contribution < -0.4 is 0 Å². The first kappa shape index (κ1) is 15.2. The van der Waals surface area contributed by atoms with Crippen LogP contribution in [0.1, 0.15) is 30.8 Å². The summed E-state index contributed by atoms with van der Waals surface area (Å²) in [5.41, 5.74) is 0.192. The third-order valence-electron chi connectivity index (χ3n) is 4.12. The van der Waals surface area contributed by atoms with E-state index < -0.39 is 5.91 Å². The molecule has 0 aromatic carbocycles. The van der Waals surface area contributed by atoms with Crippen LogP contribution in [0.3, 0.4) is 0 Å². The lowest BCUT2D eigenvalue weighted by Gasteiger charge is -2.26. The third kappa shape index (κ3) is 2.66. The highest BCUT2D eigenvalue weighted by molar-refractivity contribution is 8.26. The van der Waals surface area contributed by atoms with Crippen molar-refractivity contribution >= 4 is 39.9 Å². The number of carbonyl (C=O) groups is 1. The summed E-state index contributed by atoms with van der Waals surface area (Å²) in [6.07, 6.45) is 5.08. The Bertz CT molecular complexity index is 801. The third-order valence-corrected chi connectivity index (χ3v) is 5.09. The van der Waals surface area contributed by atoms with Gasteiger partial charge in [-0.3, -0.25) is 10.2 Å². The van der Waals surface area contributed by atoms with Crippen molar-refractivity contribution in [3.8, 4) is 0 Å². The Labute approximate surface area is 143 Å². The number of piperidine rings is 1. The van der Waals surface area contributed by atoms with Gasteiger partial charge in [-0.05, 0) is 56.2 Å². The van der Waals surface area contributed by atoms with Gasteiger partial charge in [0, 0.05) is 13.1 Å². The summed E-state index contributed by atoms with van der Waals surface area (Å²) >= 11 is 1.36. The van der Waals surface area contributed by atoms with E-state index in [-0.39, 0.29) is 11.4 Å². The fourth-order valence-electron chi connectivity index (χ4n) is 2.87. The minimum atomic E-state index is -0.428. The lowest BCUT2D eigenvalue weighted by atomic mass is 10.1. The monoisotopic (exact) mass is 343 g/mol. The molecule has 124 valence electrons. The molecular weight excluding hydrogens is 326 g/mol. The number of likely N-dealkylation sites (tertiary alicyclic amines) is 1. The van der Waals surface area contributed by atoms with E-state index in [2.05, 4.69) is 15.0 Å². The first-order valence-electron chi connectivity index (χ1n) is 7.93. The number of nitrogens with zero attached hydrogens (tertiary/aromatic N) is 4. The number of nitrogens with one attached hydrogen (secondary N) is 1. The standard InChI is InChI=1S/C16H17N5O2S/c1-10-5-6-11(23-10)9-12-13(17)21-15(18-14(12)22)24-16(19-21)20-7-3-2-4-8-20/h5-6,9,17H,2-4,7-8H2,1H3/b12-9+,17-13?. The molecule has 0 aliphatic carbocycles. The molecule has 1 aromatic rings. The van der Waals surface area contributed by atoms with Crippen LogP contribution in [0.2, 0.25) is 0 Å². The number of hydrazone groups is 1. The number of amidine groups is 3. The van der Waals surface area contributed by atoms with Crippen molar-refractivity contribution in [3.63, 3.8) is 0 Å². The van der Waals surface area contributed by atoms with Crippen LogP contribution in [0.15, 0.2) is 32.2 Å². The molecular formula is C16H17N5O2S. The van der Waals surface area contributed by atoms with Gasteiger partial charge in [-0.2, -0.15) is 10.0 Å². The molecule has 4 heterocycles. The highest BCUT2D eigenvalue weighted by Gasteiger charge is 2.37. The van der Waals surface area contributed by atoms with E-state index in [1.54, 1.807) is 12.1 Å². The second-order valence-corrected chi connectivity index (χ2v) is 6.83. The van der Waals surface area contributed by atoms with Gasteiger partial charge >= 0.3 is 0 Å². The van der Waals surface area contributed by atoms with Crippen LogP contribution in [0.5, 0.6) is 0 Å². The maximum Gasteiger partial charge on any atom is 0.283 e. The van der Waals surface area contributed by atoms with Gasteiger partial charge in [0.25, 0.3) is 5.91 Å². The van der Waals surface area contributed by atoms with Crippen molar-refractivity contribution in [1.29, 1.82) is 5.41 Å². The molecule has 0 spiro atoms. The van der Waals surface area contributed by atoms with Crippen LogP contribution in [0.25, 0.3) is 6.08 Å². The van der Waals surface area contributed by atoms with E-state index in [1.807, 2.05) is 13.0 Å². The topological polar surface area (TPSA) is 85.3 Å². The quantitative estimate of drug-likeness (QED) is 0.792. The van der Waals surface area contributed by atoms with Gasteiger partial charge in [0.1, 0.15) is 11.5 Å². The second kappa shape index (κ2) is 5.94. The average Bonchev–Trinajstić information content (AvgIpc) is 3.18. The van der Waals surface area contributed by atoms with Gasteiger partial charge in [0.15, 0.2) is 11.0 Å². The van der Waals surface area contributed by atoms with E-state index in [9.17, 15) is 4.79 Å². The summed E-state index contributed by atoms with van der Waals surface area (Å²) in [6, 6.07) is 3.58. The maximum absolute atomic E-state index is 12.3. The molecule has 0 bridgehead atoms. The van der Waals surface area contributed by atoms with Crippen LogP contribution in [0.4, 0.5) is 0 Å². The molecule has 3 aliphatic heterocycles. The number of aryl methyl sites for hydroxylation is 1. The van der Waals surface area contributed by atoms with Gasteiger partial charge < -0.3 is 9.32 Å². The first-order chi connectivity index (χ1) is 11.6. The summed E-state index contributed by atoms with van der Waals surface area (Å²) in [4.78, 5) is 18.6. The summed E-state index contributed by atoms with van der Waals surface area (Å²) in [6.45, 7) is 3.75. The maximum atomic E-state index is 12.3. The van der Waals surface area contributed by atoms with Gasteiger partial charge in [-0.15, -0.1) is 5.10 Å². The lowest BCUT2D eigenvalue weighted by molar-refractivity contribution is -0.114. The zero-order valence-corrected chi connectivity index (χ0v) is 14.1. The van der Waals surface area contributed by atoms with E-state index in [4.69, 9.17) is 9.83 Å². The zero-order valence-electron chi connectivity index (χ0n) is 13.3. The largest absolute Gasteiger partial charge is 0.462 e. The molecule has 0 saturated carbocycles. The molecule has 1 aromatic heterocycles. The molecule has 0 atom stereocenters. The number of carbonyl (C=O) groups excluding carboxylic acids is 1. The zero-order chi connectivity index (χ0) is 16.7. The van der Waals surface area contributed by atoms with Crippen molar-refractivity contribution in [2.45, 2.75) is 26.2 Å². The van der Waals surface area contributed by atoms with Crippen LogP contribution in [0, 0.1) is 12.3 Å². The van der Waals surface area contributed by atoms with E-state index in [1.165, 1.54) is 23.2 Å². The molecule has 0 radical (unpaired) electrons. The first-order valence-corrected chi connectivity index (χ1v) is 8.75. The normalized spacial score (nSPS) is 22.8. The highest BCUT2D eigenvalue weighted by Crippen LogP contribution is 2.30. The molecule has 0 unspecified atom stereocenters. The molecule has 1 fully saturated rings. The number of thioether (sulfide) groups is 1. The predicted molar refractivity (Wildman–Crippen MR) is 93.9 cm³/mol. The van der Waals surface area contributed by atoms with Crippen LogP contribution in [-0.2, 0) is 4.79 Å².